The highest BCUT2D eigenvalue weighted by Crippen LogP contribution is 2.17. The first kappa shape index (κ1) is 12.0. The van der Waals surface area contributed by atoms with Gasteiger partial charge >= 0.3 is 0 Å². The number of hydrogen-bond donors (Lipinski definition) is 1. The Balaban J connectivity index is 2.32. The fourth-order valence-corrected chi connectivity index (χ4v) is 1.95. The van der Waals surface area contributed by atoms with Crippen LogP contribution in [-0.2, 0) is 4.74 Å². The van der Waals surface area contributed by atoms with E-state index in [-0.39, 0.29) is 0 Å². The van der Waals surface area contributed by atoms with E-state index in [1.54, 1.807) is 0 Å². The monoisotopic (exact) mass is 200 g/mol. The van der Waals surface area contributed by atoms with E-state index in [9.17, 15) is 0 Å². The minimum Gasteiger partial charge on any atom is -0.374 e. The number of ether oxygens (including phenoxy) is 1. The second-order valence-electron chi connectivity index (χ2n) is 5.35. The maximum absolute atomic E-state index is 5.66. The SMILES string of the molecule is CNCC1CN(CC(C)(C)C)CCO1. The van der Waals surface area contributed by atoms with Crippen molar-refractivity contribution in [3.8, 4) is 0 Å². The third-order valence-electron chi connectivity index (χ3n) is 2.35. The second-order valence-corrected chi connectivity index (χ2v) is 5.35. The van der Waals surface area contributed by atoms with Crippen LogP contribution in [0, 0.1) is 5.41 Å². The van der Waals surface area contributed by atoms with Crippen LogP contribution >= 0.6 is 0 Å². The topological polar surface area (TPSA) is 24.5 Å². The lowest BCUT2D eigenvalue weighted by Crippen LogP contribution is -2.48. The van der Waals surface area contributed by atoms with Gasteiger partial charge in [0.2, 0.25) is 0 Å². The number of rotatable bonds is 3. The lowest BCUT2D eigenvalue weighted by atomic mass is 9.95. The first-order chi connectivity index (χ1) is 6.51. The molecular weight excluding hydrogens is 176 g/mol. The molecule has 0 aromatic carbocycles. The highest BCUT2D eigenvalue weighted by atomic mass is 16.5. The van der Waals surface area contributed by atoms with Crippen LogP contribution in [0.1, 0.15) is 20.8 Å². The maximum Gasteiger partial charge on any atom is 0.0826 e. The van der Waals surface area contributed by atoms with E-state index in [0.717, 1.165) is 32.8 Å². The number of likely N-dealkylation sites (N-methyl/N-ethyl adjacent to an activating group) is 1. The van der Waals surface area contributed by atoms with E-state index in [4.69, 9.17) is 4.74 Å². The van der Waals surface area contributed by atoms with Gasteiger partial charge in [0, 0.05) is 26.2 Å². The average molecular weight is 200 g/mol. The maximum atomic E-state index is 5.66. The van der Waals surface area contributed by atoms with E-state index in [0.29, 0.717) is 11.5 Å². The standard InChI is InChI=1S/C11H24N2O/c1-11(2,3)9-13-5-6-14-10(8-13)7-12-4/h10,12H,5-9H2,1-4H3. The van der Waals surface area contributed by atoms with Crippen molar-refractivity contribution in [2.24, 2.45) is 5.41 Å². The van der Waals surface area contributed by atoms with E-state index in [1.807, 2.05) is 7.05 Å². The molecule has 1 aliphatic heterocycles. The molecule has 1 unspecified atom stereocenters. The summed E-state index contributed by atoms with van der Waals surface area (Å²) in [6.07, 6.45) is 0.371. The molecule has 1 fully saturated rings. The van der Waals surface area contributed by atoms with E-state index >= 15 is 0 Å². The number of nitrogens with zero attached hydrogens (tertiary/aromatic N) is 1. The van der Waals surface area contributed by atoms with Crippen molar-refractivity contribution in [3.63, 3.8) is 0 Å². The van der Waals surface area contributed by atoms with Gasteiger partial charge < -0.3 is 10.1 Å². The van der Waals surface area contributed by atoms with E-state index in [1.165, 1.54) is 0 Å². The van der Waals surface area contributed by atoms with Crippen molar-refractivity contribution in [1.82, 2.24) is 10.2 Å². The van der Waals surface area contributed by atoms with Gasteiger partial charge in [-0.25, -0.2) is 0 Å². The summed E-state index contributed by atoms with van der Waals surface area (Å²) in [7, 11) is 1.98. The lowest BCUT2D eigenvalue weighted by molar-refractivity contribution is -0.0350. The largest absolute Gasteiger partial charge is 0.374 e. The Bertz CT molecular complexity index is 163. The molecule has 1 N–H and O–H groups in total. The molecule has 0 bridgehead atoms. The average Bonchev–Trinajstić information content (AvgIpc) is 2.02. The van der Waals surface area contributed by atoms with Gasteiger partial charge in [0.25, 0.3) is 0 Å². The van der Waals surface area contributed by atoms with Crippen LogP contribution in [-0.4, -0.2) is 50.8 Å². The molecule has 0 spiro atoms. The Morgan fingerprint density at radius 1 is 1.43 bits per heavy atom. The summed E-state index contributed by atoms with van der Waals surface area (Å²) in [5, 5.41) is 3.17. The number of morpholine rings is 1. The molecule has 0 saturated carbocycles. The molecule has 3 nitrogen and oxygen atoms in total. The predicted octanol–water partition coefficient (Wildman–Crippen LogP) is 0.953. The fraction of sp³-hybridized carbons (Fsp3) is 1.00. The summed E-state index contributed by atoms with van der Waals surface area (Å²) in [6.45, 7) is 12.0. The Morgan fingerprint density at radius 3 is 2.71 bits per heavy atom. The Morgan fingerprint density at radius 2 is 2.14 bits per heavy atom. The lowest BCUT2D eigenvalue weighted by Gasteiger charge is -2.36. The second kappa shape index (κ2) is 5.10. The van der Waals surface area contributed by atoms with Crippen molar-refractivity contribution in [1.29, 1.82) is 0 Å². The van der Waals surface area contributed by atoms with Crippen LogP contribution in [0.15, 0.2) is 0 Å². The minimum atomic E-state index is 0.371. The summed E-state index contributed by atoms with van der Waals surface area (Å²) in [5.74, 6) is 0. The third-order valence-corrected chi connectivity index (χ3v) is 2.35. The quantitative estimate of drug-likeness (QED) is 0.734. The molecule has 0 aromatic heterocycles. The molecule has 0 amide bonds. The van der Waals surface area contributed by atoms with Gasteiger partial charge in [0.1, 0.15) is 0 Å². The highest BCUT2D eigenvalue weighted by molar-refractivity contribution is 4.76. The summed E-state index contributed by atoms with van der Waals surface area (Å²) < 4.78 is 5.66. The van der Waals surface area contributed by atoms with Gasteiger partial charge in [-0.3, -0.25) is 4.90 Å². The third kappa shape index (κ3) is 4.40. The van der Waals surface area contributed by atoms with Crippen LogP contribution < -0.4 is 5.32 Å². The van der Waals surface area contributed by atoms with Crippen LogP contribution in [0.3, 0.4) is 0 Å². The Hall–Kier alpha value is -0.120. The Labute approximate surface area is 87.8 Å². The molecule has 0 aromatic rings. The van der Waals surface area contributed by atoms with Gasteiger partial charge in [-0.1, -0.05) is 20.8 Å². The molecule has 1 atom stereocenters. The first-order valence-corrected chi connectivity index (χ1v) is 5.50. The van der Waals surface area contributed by atoms with Gasteiger partial charge in [-0.2, -0.15) is 0 Å². The molecule has 84 valence electrons. The molecule has 0 radical (unpaired) electrons. The smallest absolute Gasteiger partial charge is 0.0826 e. The van der Waals surface area contributed by atoms with Crippen LogP contribution in [0.4, 0.5) is 0 Å². The van der Waals surface area contributed by atoms with Crippen molar-refractivity contribution in [2.45, 2.75) is 26.9 Å². The normalized spacial score (nSPS) is 25.3. The van der Waals surface area contributed by atoms with Crippen molar-refractivity contribution in [3.05, 3.63) is 0 Å². The van der Waals surface area contributed by atoms with Gasteiger partial charge in [-0.15, -0.1) is 0 Å². The van der Waals surface area contributed by atoms with Gasteiger partial charge in [0.15, 0.2) is 0 Å². The minimum absolute atomic E-state index is 0.371. The molecule has 1 saturated heterocycles. The molecule has 3 heteroatoms. The zero-order valence-electron chi connectivity index (χ0n) is 9.97. The number of nitrogens with one attached hydrogen (secondary N) is 1. The van der Waals surface area contributed by atoms with Gasteiger partial charge in [-0.05, 0) is 12.5 Å². The first-order valence-electron chi connectivity index (χ1n) is 5.50. The summed E-state index contributed by atoms with van der Waals surface area (Å²) in [4.78, 5) is 2.51. The Kier molecular flexibility index (Phi) is 4.35. The van der Waals surface area contributed by atoms with Crippen LogP contribution in [0.5, 0.6) is 0 Å². The molecule has 1 rings (SSSR count). The van der Waals surface area contributed by atoms with Crippen LogP contribution in [0.25, 0.3) is 0 Å². The van der Waals surface area contributed by atoms with Gasteiger partial charge in [0.05, 0.1) is 12.7 Å². The molecule has 0 aliphatic carbocycles. The highest BCUT2D eigenvalue weighted by Gasteiger charge is 2.23. The summed E-state index contributed by atoms with van der Waals surface area (Å²) in [6, 6.07) is 0. The van der Waals surface area contributed by atoms with Crippen molar-refractivity contribution < 1.29 is 4.74 Å². The zero-order chi connectivity index (χ0) is 10.6. The molecular formula is C11H24N2O. The fourth-order valence-electron chi connectivity index (χ4n) is 1.95. The van der Waals surface area contributed by atoms with Crippen molar-refractivity contribution >= 4 is 0 Å². The molecule has 14 heavy (non-hydrogen) atoms. The summed E-state index contributed by atoms with van der Waals surface area (Å²) >= 11 is 0. The van der Waals surface area contributed by atoms with Crippen LogP contribution in [0.2, 0.25) is 0 Å². The predicted molar refractivity (Wildman–Crippen MR) is 59.6 cm³/mol. The molecule has 1 heterocycles. The van der Waals surface area contributed by atoms with E-state index in [2.05, 4.69) is 31.0 Å². The summed E-state index contributed by atoms with van der Waals surface area (Å²) in [5.41, 5.74) is 0.390. The van der Waals surface area contributed by atoms with Crippen molar-refractivity contribution in [2.75, 3.05) is 39.8 Å². The molecule has 1 aliphatic rings. The number of hydrogen-bond acceptors (Lipinski definition) is 3. The van der Waals surface area contributed by atoms with E-state index < -0.39 is 0 Å². The zero-order valence-corrected chi connectivity index (χ0v) is 9.97.